The van der Waals surface area contributed by atoms with Crippen molar-refractivity contribution in [1.29, 1.82) is 0 Å². The SMILES string of the molecule is C=C1C[C@H]1OCCCC. The smallest absolute Gasteiger partial charge is 0.0821 e. The van der Waals surface area contributed by atoms with Crippen LogP contribution in [0.15, 0.2) is 12.2 Å². The summed E-state index contributed by atoms with van der Waals surface area (Å²) in [5.41, 5.74) is 1.27. The number of hydrogen-bond acceptors (Lipinski definition) is 1. The van der Waals surface area contributed by atoms with E-state index >= 15 is 0 Å². The largest absolute Gasteiger partial charge is 0.374 e. The third kappa shape index (κ3) is 2.19. The Morgan fingerprint density at radius 3 is 2.89 bits per heavy atom. The van der Waals surface area contributed by atoms with Gasteiger partial charge >= 0.3 is 0 Å². The molecule has 1 rings (SSSR count). The van der Waals surface area contributed by atoms with E-state index in [4.69, 9.17) is 4.74 Å². The van der Waals surface area contributed by atoms with Crippen LogP contribution < -0.4 is 0 Å². The molecule has 1 aliphatic rings. The normalized spacial score (nSPS) is 24.6. The van der Waals surface area contributed by atoms with Gasteiger partial charge in [-0.2, -0.15) is 0 Å². The summed E-state index contributed by atoms with van der Waals surface area (Å²) >= 11 is 0. The molecule has 0 aromatic carbocycles. The minimum atomic E-state index is 0.427. The molecule has 0 saturated heterocycles. The lowest BCUT2D eigenvalue weighted by Crippen LogP contribution is -1.95. The van der Waals surface area contributed by atoms with E-state index in [-0.39, 0.29) is 0 Å². The van der Waals surface area contributed by atoms with Crippen LogP contribution in [0.25, 0.3) is 0 Å². The van der Waals surface area contributed by atoms with Crippen molar-refractivity contribution < 1.29 is 4.74 Å². The standard InChI is InChI=1S/C8H14O/c1-3-4-5-9-8-6-7(8)2/h8H,2-6H2,1H3/t8-/m1/s1. The van der Waals surface area contributed by atoms with Gasteiger partial charge in [0.15, 0.2) is 0 Å². The zero-order valence-electron chi connectivity index (χ0n) is 6.02. The van der Waals surface area contributed by atoms with E-state index in [9.17, 15) is 0 Å². The summed E-state index contributed by atoms with van der Waals surface area (Å²) < 4.78 is 5.41. The molecule has 0 unspecified atom stereocenters. The fraction of sp³-hybridized carbons (Fsp3) is 0.750. The van der Waals surface area contributed by atoms with Crippen LogP contribution in [-0.2, 0) is 4.74 Å². The van der Waals surface area contributed by atoms with E-state index in [1.54, 1.807) is 0 Å². The lowest BCUT2D eigenvalue weighted by molar-refractivity contribution is 0.125. The monoisotopic (exact) mass is 126 g/mol. The van der Waals surface area contributed by atoms with Crippen LogP contribution in [0.1, 0.15) is 26.2 Å². The predicted molar refractivity (Wildman–Crippen MR) is 38.4 cm³/mol. The molecule has 52 valence electrons. The third-order valence-electron chi connectivity index (χ3n) is 1.56. The molecule has 1 saturated carbocycles. The highest BCUT2D eigenvalue weighted by Crippen LogP contribution is 2.30. The molecule has 9 heavy (non-hydrogen) atoms. The second-order valence-corrected chi connectivity index (χ2v) is 2.58. The zero-order chi connectivity index (χ0) is 6.69. The molecule has 0 aromatic heterocycles. The summed E-state index contributed by atoms with van der Waals surface area (Å²) in [6.45, 7) is 6.89. The first-order valence-electron chi connectivity index (χ1n) is 3.64. The Labute approximate surface area is 56.7 Å². The molecule has 0 heterocycles. The molecule has 0 aliphatic heterocycles. The van der Waals surface area contributed by atoms with Gasteiger partial charge < -0.3 is 4.74 Å². The maximum absolute atomic E-state index is 5.41. The Morgan fingerprint density at radius 1 is 1.78 bits per heavy atom. The second kappa shape index (κ2) is 3.02. The fourth-order valence-electron chi connectivity index (χ4n) is 0.726. The molecule has 0 bridgehead atoms. The van der Waals surface area contributed by atoms with E-state index in [0.717, 1.165) is 13.0 Å². The van der Waals surface area contributed by atoms with Crippen LogP contribution in [0.3, 0.4) is 0 Å². The van der Waals surface area contributed by atoms with Gasteiger partial charge in [-0.05, 0) is 12.0 Å². The maximum atomic E-state index is 5.41. The number of rotatable bonds is 4. The summed E-state index contributed by atoms with van der Waals surface area (Å²) in [6.07, 6.45) is 3.93. The first-order valence-corrected chi connectivity index (χ1v) is 3.64. The molecule has 0 aromatic rings. The van der Waals surface area contributed by atoms with Crippen LogP contribution in [0.5, 0.6) is 0 Å². The van der Waals surface area contributed by atoms with Gasteiger partial charge in [-0.15, -0.1) is 0 Å². The first-order chi connectivity index (χ1) is 4.34. The highest BCUT2D eigenvalue weighted by atomic mass is 16.5. The van der Waals surface area contributed by atoms with E-state index in [1.807, 2.05) is 0 Å². The van der Waals surface area contributed by atoms with Gasteiger partial charge in [0.05, 0.1) is 6.10 Å². The average molecular weight is 126 g/mol. The zero-order valence-corrected chi connectivity index (χ0v) is 6.02. The second-order valence-electron chi connectivity index (χ2n) is 2.58. The van der Waals surface area contributed by atoms with Crippen molar-refractivity contribution in [3.63, 3.8) is 0 Å². The van der Waals surface area contributed by atoms with Gasteiger partial charge in [0, 0.05) is 13.0 Å². The molecule has 0 spiro atoms. The minimum Gasteiger partial charge on any atom is -0.374 e. The van der Waals surface area contributed by atoms with E-state index in [2.05, 4.69) is 13.5 Å². The molecular weight excluding hydrogens is 112 g/mol. The quantitative estimate of drug-likeness (QED) is 0.414. The minimum absolute atomic E-state index is 0.427. The highest BCUT2D eigenvalue weighted by Gasteiger charge is 2.27. The van der Waals surface area contributed by atoms with Gasteiger partial charge in [-0.25, -0.2) is 0 Å². The van der Waals surface area contributed by atoms with Gasteiger partial charge in [0.2, 0.25) is 0 Å². The van der Waals surface area contributed by atoms with Gasteiger partial charge in [-0.3, -0.25) is 0 Å². The van der Waals surface area contributed by atoms with Crippen LogP contribution in [0.2, 0.25) is 0 Å². The molecule has 0 radical (unpaired) electrons. The maximum Gasteiger partial charge on any atom is 0.0821 e. The molecule has 0 amide bonds. The highest BCUT2D eigenvalue weighted by molar-refractivity contribution is 5.21. The summed E-state index contributed by atoms with van der Waals surface area (Å²) in [6, 6.07) is 0. The molecule has 0 N–H and O–H groups in total. The summed E-state index contributed by atoms with van der Waals surface area (Å²) in [5, 5.41) is 0. The van der Waals surface area contributed by atoms with E-state index < -0.39 is 0 Å². The predicted octanol–water partition coefficient (Wildman–Crippen LogP) is 2.13. The molecule has 1 atom stereocenters. The van der Waals surface area contributed by atoms with Crippen molar-refractivity contribution in [3.05, 3.63) is 12.2 Å². The Hall–Kier alpha value is -0.300. The summed E-state index contributed by atoms with van der Waals surface area (Å²) in [4.78, 5) is 0. The van der Waals surface area contributed by atoms with E-state index in [0.29, 0.717) is 6.10 Å². The molecule has 1 fully saturated rings. The van der Waals surface area contributed by atoms with Crippen molar-refractivity contribution in [2.75, 3.05) is 6.61 Å². The molecule has 1 aliphatic carbocycles. The first kappa shape index (κ1) is 6.81. The molecular formula is C8H14O. The van der Waals surface area contributed by atoms with Crippen LogP contribution in [0, 0.1) is 0 Å². The van der Waals surface area contributed by atoms with Crippen LogP contribution in [-0.4, -0.2) is 12.7 Å². The number of unbranched alkanes of at least 4 members (excludes halogenated alkanes) is 1. The number of ether oxygens (including phenoxy) is 1. The van der Waals surface area contributed by atoms with Crippen molar-refractivity contribution in [2.45, 2.75) is 32.3 Å². The fourth-order valence-corrected chi connectivity index (χ4v) is 0.726. The lowest BCUT2D eigenvalue weighted by atomic mass is 10.4. The van der Waals surface area contributed by atoms with Gasteiger partial charge in [-0.1, -0.05) is 19.9 Å². The average Bonchev–Trinajstić information content (AvgIpc) is 2.48. The van der Waals surface area contributed by atoms with Crippen LogP contribution >= 0.6 is 0 Å². The molecule has 1 heteroatoms. The third-order valence-corrected chi connectivity index (χ3v) is 1.56. The van der Waals surface area contributed by atoms with E-state index in [1.165, 1.54) is 18.4 Å². The van der Waals surface area contributed by atoms with Gasteiger partial charge in [0.1, 0.15) is 0 Å². The van der Waals surface area contributed by atoms with Crippen molar-refractivity contribution in [2.24, 2.45) is 0 Å². The lowest BCUT2D eigenvalue weighted by Gasteiger charge is -1.97. The van der Waals surface area contributed by atoms with Crippen molar-refractivity contribution in [3.8, 4) is 0 Å². The summed E-state index contributed by atoms with van der Waals surface area (Å²) in [7, 11) is 0. The Balaban J connectivity index is 1.88. The Morgan fingerprint density at radius 2 is 2.44 bits per heavy atom. The Bertz CT molecular complexity index is 107. The molecule has 1 nitrogen and oxygen atoms in total. The number of hydrogen-bond donors (Lipinski definition) is 0. The Kier molecular flexibility index (Phi) is 2.29. The van der Waals surface area contributed by atoms with Crippen molar-refractivity contribution in [1.82, 2.24) is 0 Å². The van der Waals surface area contributed by atoms with Crippen molar-refractivity contribution >= 4 is 0 Å². The van der Waals surface area contributed by atoms with Crippen LogP contribution in [0.4, 0.5) is 0 Å². The topological polar surface area (TPSA) is 9.23 Å². The van der Waals surface area contributed by atoms with Gasteiger partial charge in [0.25, 0.3) is 0 Å². The summed E-state index contributed by atoms with van der Waals surface area (Å²) in [5.74, 6) is 0.